The summed E-state index contributed by atoms with van der Waals surface area (Å²) >= 11 is 0. The smallest absolute Gasteiger partial charge is 0.354 e. The number of anilines is 1. The number of rotatable bonds is 5. The van der Waals surface area contributed by atoms with Gasteiger partial charge in [-0.05, 0) is 26.0 Å². The van der Waals surface area contributed by atoms with Crippen LogP contribution in [0.4, 0.5) is 5.69 Å². The van der Waals surface area contributed by atoms with Crippen LogP contribution >= 0.6 is 0 Å². The van der Waals surface area contributed by atoms with Gasteiger partial charge in [-0.3, -0.25) is 0 Å². The number of para-hydroxylation sites is 1. The van der Waals surface area contributed by atoms with Crippen LogP contribution in [-0.4, -0.2) is 29.1 Å². The minimum absolute atomic E-state index is 0.0684. The quantitative estimate of drug-likeness (QED) is 0.847. The predicted octanol–water partition coefficient (Wildman–Crippen LogP) is 3.34. The average Bonchev–Trinajstić information content (AvgIpc) is 2.43. The molecule has 0 bridgehead atoms. The Kier molecular flexibility index (Phi) is 4.03. The van der Waals surface area contributed by atoms with Crippen molar-refractivity contribution in [2.24, 2.45) is 0 Å². The maximum absolute atomic E-state index is 11.2. The second-order valence-electron chi connectivity index (χ2n) is 4.82. The first-order valence-corrected chi connectivity index (χ1v) is 6.55. The molecule has 1 aromatic carbocycles. The van der Waals surface area contributed by atoms with E-state index in [1.54, 1.807) is 6.07 Å². The zero-order chi connectivity index (χ0) is 14.7. The van der Waals surface area contributed by atoms with E-state index in [0.29, 0.717) is 12.1 Å². The van der Waals surface area contributed by atoms with Gasteiger partial charge >= 0.3 is 5.97 Å². The molecule has 0 fully saturated rings. The van der Waals surface area contributed by atoms with Crippen molar-refractivity contribution in [3.63, 3.8) is 0 Å². The van der Waals surface area contributed by atoms with E-state index >= 15 is 0 Å². The summed E-state index contributed by atoms with van der Waals surface area (Å²) < 4.78 is 0. The molecule has 0 aliphatic rings. The van der Waals surface area contributed by atoms with Crippen LogP contribution in [0.5, 0.6) is 0 Å². The van der Waals surface area contributed by atoms with Gasteiger partial charge in [0.05, 0.1) is 5.52 Å². The number of carboxylic acid groups (broad SMARTS) is 1. The molecule has 0 radical (unpaired) electrons. The van der Waals surface area contributed by atoms with Gasteiger partial charge in [-0.2, -0.15) is 0 Å². The maximum Gasteiger partial charge on any atom is 0.354 e. The topological polar surface area (TPSA) is 53.4 Å². The van der Waals surface area contributed by atoms with Crippen molar-refractivity contribution in [2.75, 3.05) is 18.0 Å². The molecule has 1 N–H and O–H groups in total. The minimum atomic E-state index is -1.01. The fourth-order valence-corrected chi connectivity index (χ4v) is 2.22. The first kappa shape index (κ1) is 14.1. The molecule has 104 valence electrons. The van der Waals surface area contributed by atoms with E-state index in [-0.39, 0.29) is 5.69 Å². The Labute approximate surface area is 118 Å². The van der Waals surface area contributed by atoms with E-state index in [0.717, 1.165) is 23.2 Å². The summed E-state index contributed by atoms with van der Waals surface area (Å²) in [4.78, 5) is 17.5. The average molecular weight is 270 g/mol. The lowest BCUT2D eigenvalue weighted by atomic mass is 10.1. The molecule has 0 atom stereocenters. The number of nitrogens with zero attached hydrogens (tertiary/aromatic N) is 2. The number of benzene rings is 1. The normalized spacial score (nSPS) is 10.5. The van der Waals surface area contributed by atoms with E-state index in [1.807, 2.05) is 38.1 Å². The molecule has 0 saturated heterocycles. The van der Waals surface area contributed by atoms with Crippen molar-refractivity contribution in [3.05, 3.63) is 48.2 Å². The van der Waals surface area contributed by atoms with Crippen LogP contribution in [0.25, 0.3) is 10.9 Å². The summed E-state index contributed by atoms with van der Waals surface area (Å²) in [6.07, 6.45) is 0. The van der Waals surface area contributed by atoms with Gasteiger partial charge in [0.15, 0.2) is 5.69 Å². The number of carboxylic acids is 1. The van der Waals surface area contributed by atoms with Crippen LogP contribution in [0.3, 0.4) is 0 Å². The summed E-state index contributed by atoms with van der Waals surface area (Å²) in [5, 5.41) is 10.2. The molecule has 4 nitrogen and oxygen atoms in total. The van der Waals surface area contributed by atoms with Crippen LogP contribution in [0.1, 0.15) is 24.3 Å². The highest BCUT2D eigenvalue weighted by atomic mass is 16.4. The molecule has 0 unspecified atom stereocenters. The molecule has 0 aliphatic carbocycles. The van der Waals surface area contributed by atoms with Crippen LogP contribution in [0, 0.1) is 0 Å². The molecule has 2 rings (SSSR count). The predicted molar refractivity (Wildman–Crippen MR) is 81.4 cm³/mol. The molecule has 0 spiro atoms. The Morgan fingerprint density at radius 3 is 2.70 bits per heavy atom. The highest BCUT2D eigenvalue weighted by molar-refractivity contribution is 5.97. The van der Waals surface area contributed by atoms with Crippen LogP contribution in [0.2, 0.25) is 0 Å². The molecule has 0 saturated carbocycles. The Bertz CT molecular complexity index is 665. The zero-order valence-electron chi connectivity index (χ0n) is 11.8. The summed E-state index contributed by atoms with van der Waals surface area (Å²) in [5.41, 5.74) is 2.68. The number of hydrogen-bond donors (Lipinski definition) is 1. The van der Waals surface area contributed by atoms with E-state index in [9.17, 15) is 9.90 Å². The second kappa shape index (κ2) is 5.74. The number of fused-ring (bicyclic) bond motifs is 1. The molecule has 2 aromatic rings. The van der Waals surface area contributed by atoms with Gasteiger partial charge in [0, 0.05) is 24.2 Å². The minimum Gasteiger partial charge on any atom is -0.477 e. The van der Waals surface area contributed by atoms with Gasteiger partial charge in [-0.15, -0.1) is 0 Å². The van der Waals surface area contributed by atoms with Crippen molar-refractivity contribution in [1.29, 1.82) is 0 Å². The van der Waals surface area contributed by atoms with Crippen molar-refractivity contribution in [1.82, 2.24) is 4.98 Å². The van der Waals surface area contributed by atoms with Gasteiger partial charge in [-0.1, -0.05) is 30.4 Å². The third-order valence-corrected chi connectivity index (χ3v) is 3.10. The standard InChI is InChI=1S/C16H18N2O2/c1-4-18(10-11(2)3)15-9-14(16(19)20)17-13-8-6-5-7-12(13)15/h5-9H,2,4,10H2,1,3H3,(H,19,20). The summed E-state index contributed by atoms with van der Waals surface area (Å²) in [5.74, 6) is -1.01. The fourth-order valence-electron chi connectivity index (χ4n) is 2.22. The van der Waals surface area contributed by atoms with Crippen LogP contribution in [-0.2, 0) is 0 Å². The number of likely N-dealkylation sites (N-methyl/N-ethyl adjacent to an activating group) is 1. The summed E-state index contributed by atoms with van der Waals surface area (Å²) in [6.45, 7) is 9.41. The molecule has 1 heterocycles. The monoisotopic (exact) mass is 270 g/mol. The number of aromatic nitrogens is 1. The zero-order valence-corrected chi connectivity index (χ0v) is 11.8. The molecular weight excluding hydrogens is 252 g/mol. The lowest BCUT2D eigenvalue weighted by molar-refractivity contribution is 0.0691. The number of pyridine rings is 1. The summed E-state index contributed by atoms with van der Waals surface area (Å²) in [6, 6.07) is 9.23. The number of carbonyl (C=O) groups is 1. The van der Waals surface area contributed by atoms with Crippen molar-refractivity contribution >= 4 is 22.6 Å². The SMILES string of the molecule is C=C(C)CN(CC)c1cc(C(=O)O)nc2ccccc12. The van der Waals surface area contributed by atoms with Crippen molar-refractivity contribution < 1.29 is 9.90 Å². The lowest BCUT2D eigenvalue weighted by Gasteiger charge is -2.25. The van der Waals surface area contributed by atoms with E-state index in [1.165, 1.54) is 0 Å². The fraction of sp³-hybridized carbons (Fsp3) is 0.250. The third kappa shape index (κ3) is 2.79. The third-order valence-electron chi connectivity index (χ3n) is 3.10. The Hall–Kier alpha value is -2.36. The number of hydrogen-bond acceptors (Lipinski definition) is 3. The largest absolute Gasteiger partial charge is 0.477 e. The first-order chi connectivity index (χ1) is 9.52. The molecule has 20 heavy (non-hydrogen) atoms. The molecular formula is C16H18N2O2. The molecule has 0 aliphatic heterocycles. The Morgan fingerprint density at radius 2 is 2.10 bits per heavy atom. The Morgan fingerprint density at radius 1 is 1.40 bits per heavy atom. The van der Waals surface area contributed by atoms with Gasteiger partial charge in [0.2, 0.25) is 0 Å². The van der Waals surface area contributed by atoms with Crippen LogP contribution < -0.4 is 4.90 Å². The van der Waals surface area contributed by atoms with E-state index in [2.05, 4.69) is 16.5 Å². The van der Waals surface area contributed by atoms with Gasteiger partial charge in [-0.25, -0.2) is 9.78 Å². The maximum atomic E-state index is 11.2. The van der Waals surface area contributed by atoms with Crippen LogP contribution in [0.15, 0.2) is 42.5 Å². The van der Waals surface area contributed by atoms with Gasteiger partial charge in [0.25, 0.3) is 0 Å². The Balaban J connectivity index is 2.64. The first-order valence-electron chi connectivity index (χ1n) is 6.55. The highest BCUT2D eigenvalue weighted by Gasteiger charge is 2.14. The molecule has 4 heteroatoms. The molecule has 1 aromatic heterocycles. The van der Waals surface area contributed by atoms with E-state index < -0.39 is 5.97 Å². The molecule has 0 amide bonds. The van der Waals surface area contributed by atoms with Crippen molar-refractivity contribution in [2.45, 2.75) is 13.8 Å². The highest BCUT2D eigenvalue weighted by Crippen LogP contribution is 2.27. The summed E-state index contributed by atoms with van der Waals surface area (Å²) in [7, 11) is 0. The van der Waals surface area contributed by atoms with Gasteiger partial charge < -0.3 is 10.0 Å². The lowest BCUT2D eigenvalue weighted by Crippen LogP contribution is -2.25. The van der Waals surface area contributed by atoms with Crippen molar-refractivity contribution in [3.8, 4) is 0 Å². The van der Waals surface area contributed by atoms with Gasteiger partial charge in [0.1, 0.15) is 0 Å². The van der Waals surface area contributed by atoms with E-state index in [4.69, 9.17) is 0 Å². The second-order valence-corrected chi connectivity index (χ2v) is 4.82. The number of aromatic carboxylic acids is 1.